The largest absolute Gasteiger partial charge is 0.255 e. The van der Waals surface area contributed by atoms with Crippen LogP contribution in [0.2, 0.25) is 0 Å². The van der Waals surface area contributed by atoms with Crippen molar-refractivity contribution in [3.63, 3.8) is 0 Å². The van der Waals surface area contributed by atoms with Crippen LogP contribution in [0.25, 0.3) is 78.2 Å². The number of aryl methyl sites for hydroxylation is 2. The van der Waals surface area contributed by atoms with E-state index >= 15 is 0 Å². The topological polar surface area (TPSA) is 64.5 Å². The smallest absolute Gasteiger partial charge is 0.160 e. The Labute approximate surface area is 267 Å². The molecule has 0 radical (unpaired) electrons. The SMILES string of the molecule is Cc1cc(C)c2ccc3ccc(-c4cccc(-c5cccc(-c6cc(-c7ccccn7)nc(-c7ccccc7)n6)c5)c4)nc3c2n1. The summed E-state index contributed by atoms with van der Waals surface area (Å²) < 4.78 is 0. The summed E-state index contributed by atoms with van der Waals surface area (Å²) in [7, 11) is 0. The van der Waals surface area contributed by atoms with Crippen LogP contribution in [-0.2, 0) is 0 Å². The second-order valence-corrected chi connectivity index (χ2v) is 11.5. The summed E-state index contributed by atoms with van der Waals surface area (Å²) in [4.78, 5) is 24.5. The summed E-state index contributed by atoms with van der Waals surface area (Å²) in [6, 6.07) is 45.7. The van der Waals surface area contributed by atoms with Gasteiger partial charge in [0.25, 0.3) is 0 Å². The molecule has 0 fully saturated rings. The van der Waals surface area contributed by atoms with Gasteiger partial charge in [-0.1, -0.05) is 91.0 Å². The van der Waals surface area contributed by atoms with Gasteiger partial charge in [0.1, 0.15) is 0 Å². The summed E-state index contributed by atoms with van der Waals surface area (Å²) in [6.07, 6.45) is 1.79. The lowest BCUT2D eigenvalue weighted by atomic mass is 9.98. The number of nitrogens with zero attached hydrogens (tertiary/aromatic N) is 5. The van der Waals surface area contributed by atoms with Gasteiger partial charge in [-0.25, -0.2) is 15.0 Å². The van der Waals surface area contributed by atoms with Crippen LogP contribution in [-0.4, -0.2) is 24.9 Å². The van der Waals surface area contributed by atoms with Crippen LogP contribution < -0.4 is 0 Å². The first kappa shape index (κ1) is 27.5. The maximum atomic E-state index is 5.15. The molecule has 0 amide bonds. The van der Waals surface area contributed by atoms with E-state index in [-0.39, 0.29) is 0 Å². The number of fused-ring (bicyclic) bond motifs is 3. The molecule has 8 aromatic rings. The second kappa shape index (κ2) is 11.5. The molecule has 218 valence electrons. The highest BCUT2D eigenvalue weighted by Gasteiger charge is 2.13. The minimum Gasteiger partial charge on any atom is -0.255 e. The van der Waals surface area contributed by atoms with Crippen LogP contribution in [0.4, 0.5) is 0 Å². The van der Waals surface area contributed by atoms with Gasteiger partial charge in [-0.15, -0.1) is 0 Å². The summed E-state index contributed by atoms with van der Waals surface area (Å²) >= 11 is 0. The van der Waals surface area contributed by atoms with E-state index in [9.17, 15) is 0 Å². The minimum atomic E-state index is 0.668. The first-order valence-electron chi connectivity index (χ1n) is 15.3. The standard InChI is InChI=1S/C41H29N5/c1-26-22-27(2)43-40-34(26)19-17-28-18-20-35(44-39(28)40)32-14-8-12-30(23-32)31-13-9-15-33(24-31)37-25-38(36-16-6-7-21-42-36)46-41(45-37)29-10-4-3-5-11-29/h3-25H,1-2H3. The molecule has 0 bridgehead atoms. The Hall–Kier alpha value is -6.07. The average Bonchev–Trinajstić information content (AvgIpc) is 3.12. The molecule has 46 heavy (non-hydrogen) atoms. The predicted molar refractivity (Wildman–Crippen MR) is 187 cm³/mol. The zero-order valence-electron chi connectivity index (χ0n) is 25.5. The fraction of sp³-hybridized carbons (Fsp3) is 0.0488. The molecule has 4 aromatic heterocycles. The highest BCUT2D eigenvalue weighted by atomic mass is 14.9. The van der Waals surface area contributed by atoms with Crippen molar-refractivity contribution < 1.29 is 0 Å². The molecule has 0 unspecified atom stereocenters. The van der Waals surface area contributed by atoms with Crippen LogP contribution in [0.15, 0.2) is 140 Å². The van der Waals surface area contributed by atoms with Gasteiger partial charge in [-0.05, 0) is 73.0 Å². The molecular weight excluding hydrogens is 562 g/mol. The maximum absolute atomic E-state index is 5.15. The summed E-state index contributed by atoms with van der Waals surface area (Å²) in [5.41, 5.74) is 12.7. The van der Waals surface area contributed by atoms with Gasteiger partial charge in [0.05, 0.1) is 33.8 Å². The van der Waals surface area contributed by atoms with Crippen molar-refractivity contribution in [1.29, 1.82) is 0 Å². The van der Waals surface area contributed by atoms with Gasteiger partial charge in [-0.3, -0.25) is 9.97 Å². The van der Waals surface area contributed by atoms with Crippen molar-refractivity contribution in [2.45, 2.75) is 13.8 Å². The van der Waals surface area contributed by atoms with Crippen LogP contribution >= 0.6 is 0 Å². The summed E-state index contributed by atoms with van der Waals surface area (Å²) in [6.45, 7) is 4.17. The number of aromatic nitrogens is 5. The number of hydrogen-bond acceptors (Lipinski definition) is 5. The molecule has 0 saturated carbocycles. The number of benzene rings is 4. The fourth-order valence-electron chi connectivity index (χ4n) is 6.04. The van der Waals surface area contributed by atoms with E-state index in [0.717, 1.165) is 78.1 Å². The Kier molecular flexibility index (Phi) is 6.84. The van der Waals surface area contributed by atoms with E-state index in [1.807, 2.05) is 61.5 Å². The van der Waals surface area contributed by atoms with Crippen LogP contribution in [0, 0.1) is 13.8 Å². The fourth-order valence-corrected chi connectivity index (χ4v) is 6.04. The number of rotatable bonds is 5. The van der Waals surface area contributed by atoms with E-state index in [0.29, 0.717) is 5.82 Å². The molecule has 0 spiro atoms. The van der Waals surface area contributed by atoms with Crippen molar-refractivity contribution in [2.75, 3.05) is 0 Å². The summed E-state index contributed by atoms with van der Waals surface area (Å²) in [5.74, 6) is 0.668. The van der Waals surface area contributed by atoms with Gasteiger partial charge in [0, 0.05) is 39.4 Å². The van der Waals surface area contributed by atoms with E-state index < -0.39 is 0 Å². The Balaban J connectivity index is 1.21. The van der Waals surface area contributed by atoms with Crippen molar-refractivity contribution in [2.24, 2.45) is 0 Å². The molecule has 0 aliphatic rings. The highest BCUT2D eigenvalue weighted by molar-refractivity contribution is 6.04. The molecule has 0 atom stereocenters. The molecule has 0 N–H and O–H groups in total. The predicted octanol–water partition coefficient (Wildman–Crippen LogP) is 9.92. The first-order valence-corrected chi connectivity index (χ1v) is 15.3. The van der Waals surface area contributed by atoms with E-state index in [2.05, 4.69) is 90.8 Å². The quantitative estimate of drug-likeness (QED) is 0.186. The van der Waals surface area contributed by atoms with E-state index in [1.54, 1.807) is 6.20 Å². The normalized spacial score (nSPS) is 11.3. The van der Waals surface area contributed by atoms with Crippen LogP contribution in [0.1, 0.15) is 11.3 Å². The average molecular weight is 592 g/mol. The van der Waals surface area contributed by atoms with Gasteiger partial charge < -0.3 is 0 Å². The Bertz CT molecular complexity index is 2330. The number of hydrogen-bond donors (Lipinski definition) is 0. The van der Waals surface area contributed by atoms with Crippen molar-refractivity contribution in [1.82, 2.24) is 24.9 Å². The van der Waals surface area contributed by atoms with Crippen molar-refractivity contribution in [3.8, 4) is 56.4 Å². The van der Waals surface area contributed by atoms with Crippen molar-refractivity contribution in [3.05, 3.63) is 151 Å². The third-order valence-corrected chi connectivity index (χ3v) is 8.31. The minimum absolute atomic E-state index is 0.668. The Morgan fingerprint density at radius 3 is 1.85 bits per heavy atom. The molecule has 5 heteroatoms. The van der Waals surface area contributed by atoms with Crippen molar-refractivity contribution >= 4 is 21.8 Å². The molecular formula is C41H29N5. The zero-order chi connectivity index (χ0) is 31.0. The lowest BCUT2D eigenvalue weighted by Gasteiger charge is -2.11. The third kappa shape index (κ3) is 5.18. The molecule has 0 aliphatic carbocycles. The lowest BCUT2D eigenvalue weighted by molar-refractivity contribution is 1.16. The number of pyridine rings is 3. The van der Waals surface area contributed by atoms with Gasteiger partial charge in [-0.2, -0.15) is 0 Å². The third-order valence-electron chi connectivity index (χ3n) is 8.31. The lowest BCUT2D eigenvalue weighted by Crippen LogP contribution is -1.97. The Morgan fingerprint density at radius 1 is 0.413 bits per heavy atom. The molecule has 5 nitrogen and oxygen atoms in total. The highest BCUT2D eigenvalue weighted by Crippen LogP contribution is 2.33. The van der Waals surface area contributed by atoms with Gasteiger partial charge in [0.15, 0.2) is 5.82 Å². The summed E-state index contributed by atoms with van der Waals surface area (Å²) in [5, 5.41) is 2.22. The molecule has 4 aromatic carbocycles. The van der Waals surface area contributed by atoms with E-state index in [4.69, 9.17) is 19.9 Å². The zero-order valence-corrected chi connectivity index (χ0v) is 25.5. The molecule has 0 aliphatic heterocycles. The second-order valence-electron chi connectivity index (χ2n) is 11.5. The monoisotopic (exact) mass is 591 g/mol. The first-order chi connectivity index (χ1) is 22.6. The molecule has 8 rings (SSSR count). The van der Waals surface area contributed by atoms with Crippen LogP contribution in [0.5, 0.6) is 0 Å². The van der Waals surface area contributed by atoms with Gasteiger partial charge in [0.2, 0.25) is 0 Å². The Morgan fingerprint density at radius 2 is 1.09 bits per heavy atom. The maximum Gasteiger partial charge on any atom is 0.160 e. The van der Waals surface area contributed by atoms with E-state index in [1.165, 1.54) is 5.56 Å². The van der Waals surface area contributed by atoms with Gasteiger partial charge >= 0.3 is 0 Å². The van der Waals surface area contributed by atoms with Crippen LogP contribution in [0.3, 0.4) is 0 Å². The molecule has 4 heterocycles. The molecule has 0 saturated heterocycles.